The highest BCUT2D eigenvalue weighted by Gasteiger charge is 2.25. The summed E-state index contributed by atoms with van der Waals surface area (Å²) in [5.74, 6) is 1.10. The van der Waals surface area contributed by atoms with Crippen LogP contribution in [0.25, 0.3) is 0 Å². The lowest BCUT2D eigenvalue weighted by Crippen LogP contribution is -2.30. The molecule has 1 aliphatic carbocycles. The normalized spacial score (nSPS) is 15.7. The van der Waals surface area contributed by atoms with Crippen molar-refractivity contribution >= 4 is 23.5 Å². The molecule has 0 unspecified atom stereocenters. The highest BCUT2D eigenvalue weighted by atomic mass is 32.2. The smallest absolute Gasteiger partial charge is 0.267 e. The number of aryl methyl sites for hydroxylation is 2. The molecule has 3 heterocycles. The standard InChI is InChI=1S/C14H15N5O2S/c1-18-11(8-3-2-4-10(8)17-18)16-12(20)9-7-15-14-19(13(9)21)5-6-22-14/h7H,2-6H2,1H3,(H,16,20). The molecule has 2 aromatic rings. The Morgan fingerprint density at radius 2 is 2.27 bits per heavy atom. The number of amides is 1. The van der Waals surface area contributed by atoms with E-state index in [1.54, 1.807) is 16.3 Å². The van der Waals surface area contributed by atoms with Crippen LogP contribution in [-0.4, -0.2) is 31.0 Å². The van der Waals surface area contributed by atoms with Gasteiger partial charge in [-0.25, -0.2) is 4.98 Å². The Morgan fingerprint density at radius 1 is 1.41 bits per heavy atom. The highest BCUT2D eigenvalue weighted by Crippen LogP contribution is 2.28. The van der Waals surface area contributed by atoms with E-state index in [4.69, 9.17) is 0 Å². The van der Waals surface area contributed by atoms with Crippen LogP contribution >= 0.6 is 11.8 Å². The monoisotopic (exact) mass is 317 g/mol. The molecule has 2 aromatic heterocycles. The lowest BCUT2D eigenvalue weighted by molar-refractivity contribution is 0.102. The first kappa shape index (κ1) is 13.6. The number of hydrogen-bond donors (Lipinski definition) is 1. The van der Waals surface area contributed by atoms with E-state index < -0.39 is 5.91 Å². The second-order valence-corrected chi connectivity index (χ2v) is 6.53. The summed E-state index contributed by atoms with van der Waals surface area (Å²) in [5, 5.41) is 7.94. The van der Waals surface area contributed by atoms with E-state index in [2.05, 4.69) is 15.4 Å². The van der Waals surface area contributed by atoms with E-state index in [0.717, 1.165) is 36.3 Å². The molecule has 8 heteroatoms. The fourth-order valence-electron chi connectivity index (χ4n) is 3.02. The molecule has 1 aliphatic heterocycles. The Bertz CT molecular complexity index is 838. The van der Waals surface area contributed by atoms with Gasteiger partial charge in [0.25, 0.3) is 11.5 Å². The van der Waals surface area contributed by atoms with Gasteiger partial charge >= 0.3 is 0 Å². The molecule has 114 valence electrons. The van der Waals surface area contributed by atoms with Gasteiger partial charge in [0.1, 0.15) is 11.4 Å². The molecule has 1 amide bonds. The van der Waals surface area contributed by atoms with Gasteiger partial charge in [0.05, 0.1) is 5.69 Å². The number of nitrogens with zero attached hydrogens (tertiary/aromatic N) is 4. The second-order valence-electron chi connectivity index (χ2n) is 5.46. The number of nitrogens with one attached hydrogen (secondary N) is 1. The summed E-state index contributed by atoms with van der Waals surface area (Å²) in [5.41, 5.74) is 1.93. The molecule has 7 nitrogen and oxygen atoms in total. The molecular weight excluding hydrogens is 302 g/mol. The molecule has 0 saturated carbocycles. The molecule has 0 radical (unpaired) electrons. The number of thioether (sulfide) groups is 1. The molecule has 4 rings (SSSR count). The van der Waals surface area contributed by atoms with Crippen molar-refractivity contribution in [2.24, 2.45) is 7.05 Å². The topological polar surface area (TPSA) is 81.8 Å². The summed E-state index contributed by atoms with van der Waals surface area (Å²) in [4.78, 5) is 29.1. The van der Waals surface area contributed by atoms with Gasteiger partial charge in [-0.1, -0.05) is 11.8 Å². The predicted molar refractivity (Wildman–Crippen MR) is 82.4 cm³/mol. The van der Waals surface area contributed by atoms with Crippen molar-refractivity contribution in [3.63, 3.8) is 0 Å². The second kappa shape index (κ2) is 4.98. The van der Waals surface area contributed by atoms with Crippen LogP contribution in [0.15, 0.2) is 16.1 Å². The van der Waals surface area contributed by atoms with Crippen molar-refractivity contribution in [3.8, 4) is 0 Å². The highest BCUT2D eigenvalue weighted by molar-refractivity contribution is 7.99. The summed E-state index contributed by atoms with van der Waals surface area (Å²) >= 11 is 1.53. The molecule has 0 atom stereocenters. The van der Waals surface area contributed by atoms with Gasteiger partial charge in [-0.3, -0.25) is 18.8 Å². The number of hydrogen-bond acceptors (Lipinski definition) is 5. The van der Waals surface area contributed by atoms with Crippen LogP contribution in [0.4, 0.5) is 5.82 Å². The van der Waals surface area contributed by atoms with Crippen LogP contribution in [0.2, 0.25) is 0 Å². The minimum Gasteiger partial charge on any atom is -0.306 e. The Hall–Kier alpha value is -2.09. The molecule has 0 fully saturated rings. The molecule has 2 aliphatic rings. The predicted octanol–water partition coefficient (Wildman–Crippen LogP) is 0.823. The average molecular weight is 317 g/mol. The van der Waals surface area contributed by atoms with Crippen LogP contribution in [0.3, 0.4) is 0 Å². The number of carbonyl (C=O) groups is 1. The van der Waals surface area contributed by atoms with Gasteiger partial charge < -0.3 is 5.32 Å². The summed E-state index contributed by atoms with van der Waals surface area (Å²) < 4.78 is 3.24. The molecule has 0 bridgehead atoms. The van der Waals surface area contributed by atoms with Crippen molar-refractivity contribution in [2.75, 3.05) is 11.1 Å². The zero-order valence-electron chi connectivity index (χ0n) is 12.1. The third-order valence-electron chi connectivity index (χ3n) is 4.10. The molecular formula is C14H15N5O2S. The van der Waals surface area contributed by atoms with Crippen LogP contribution in [0, 0.1) is 0 Å². The first-order chi connectivity index (χ1) is 10.6. The van der Waals surface area contributed by atoms with E-state index in [-0.39, 0.29) is 11.1 Å². The van der Waals surface area contributed by atoms with E-state index in [9.17, 15) is 9.59 Å². The zero-order chi connectivity index (χ0) is 15.3. The van der Waals surface area contributed by atoms with Crippen molar-refractivity contribution in [2.45, 2.75) is 31.0 Å². The third kappa shape index (κ3) is 1.98. The Balaban J connectivity index is 1.68. The number of fused-ring (bicyclic) bond motifs is 2. The first-order valence-corrected chi connectivity index (χ1v) is 8.22. The van der Waals surface area contributed by atoms with E-state index >= 15 is 0 Å². The maximum absolute atomic E-state index is 12.5. The maximum Gasteiger partial charge on any atom is 0.267 e. The summed E-state index contributed by atoms with van der Waals surface area (Å²) in [6, 6.07) is 0. The number of rotatable bonds is 2. The first-order valence-electron chi connectivity index (χ1n) is 7.24. The third-order valence-corrected chi connectivity index (χ3v) is 5.07. The lowest BCUT2D eigenvalue weighted by Gasteiger charge is -2.08. The SMILES string of the molecule is Cn1nc2c(c1NC(=O)c1cnc3n(c1=O)CCS3)CCC2. The Morgan fingerprint density at radius 3 is 3.14 bits per heavy atom. The number of aromatic nitrogens is 4. The van der Waals surface area contributed by atoms with Crippen molar-refractivity contribution < 1.29 is 4.79 Å². The van der Waals surface area contributed by atoms with E-state index in [0.29, 0.717) is 17.5 Å². The quantitative estimate of drug-likeness (QED) is 0.830. The maximum atomic E-state index is 12.5. The largest absolute Gasteiger partial charge is 0.306 e. The van der Waals surface area contributed by atoms with Gasteiger partial charge in [0, 0.05) is 31.1 Å². The van der Waals surface area contributed by atoms with Crippen molar-refractivity contribution in [3.05, 3.63) is 33.4 Å². The molecule has 0 aromatic carbocycles. The van der Waals surface area contributed by atoms with Gasteiger partial charge in [-0.2, -0.15) is 5.10 Å². The fourth-order valence-corrected chi connectivity index (χ4v) is 3.94. The molecule has 22 heavy (non-hydrogen) atoms. The summed E-state index contributed by atoms with van der Waals surface area (Å²) in [6.45, 7) is 0.605. The van der Waals surface area contributed by atoms with E-state index in [1.807, 2.05) is 0 Å². The lowest BCUT2D eigenvalue weighted by atomic mass is 10.2. The van der Waals surface area contributed by atoms with E-state index in [1.165, 1.54) is 18.0 Å². The Kier molecular flexibility index (Phi) is 3.07. The molecule has 1 N–H and O–H groups in total. The van der Waals surface area contributed by atoms with Gasteiger partial charge in [0.15, 0.2) is 5.16 Å². The minimum absolute atomic E-state index is 0.0826. The van der Waals surface area contributed by atoms with Crippen LogP contribution in [0.5, 0.6) is 0 Å². The zero-order valence-corrected chi connectivity index (χ0v) is 12.9. The average Bonchev–Trinajstić information content (AvgIpc) is 3.18. The summed E-state index contributed by atoms with van der Waals surface area (Å²) in [6.07, 6.45) is 4.29. The molecule has 0 spiro atoms. The van der Waals surface area contributed by atoms with Crippen LogP contribution in [-0.2, 0) is 26.4 Å². The fraction of sp³-hybridized carbons (Fsp3) is 0.429. The van der Waals surface area contributed by atoms with Gasteiger partial charge in [-0.15, -0.1) is 0 Å². The van der Waals surface area contributed by atoms with Crippen LogP contribution < -0.4 is 10.9 Å². The molecule has 0 saturated heterocycles. The Labute approximate surface area is 130 Å². The number of carbonyl (C=O) groups excluding carboxylic acids is 1. The van der Waals surface area contributed by atoms with Gasteiger partial charge in [0.2, 0.25) is 0 Å². The summed E-state index contributed by atoms with van der Waals surface area (Å²) in [7, 11) is 1.80. The number of anilines is 1. The van der Waals surface area contributed by atoms with Crippen molar-refractivity contribution in [1.29, 1.82) is 0 Å². The van der Waals surface area contributed by atoms with Crippen LogP contribution in [0.1, 0.15) is 28.0 Å². The van der Waals surface area contributed by atoms with Crippen molar-refractivity contribution in [1.82, 2.24) is 19.3 Å². The minimum atomic E-state index is -0.414. The van der Waals surface area contributed by atoms with Gasteiger partial charge in [-0.05, 0) is 19.3 Å².